The van der Waals surface area contributed by atoms with Crippen molar-refractivity contribution in [2.45, 2.75) is 77.2 Å². The zero-order chi connectivity index (χ0) is 24.8. The van der Waals surface area contributed by atoms with Crippen molar-refractivity contribution < 1.29 is 14.6 Å². The molecule has 5 rings (SSSR count). The molecule has 0 radical (unpaired) electrons. The van der Waals surface area contributed by atoms with Crippen LogP contribution >= 0.6 is 11.8 Å². The Kier molecular flexibility index (Phi) is 6.34. The van der Waals surface area contributed by atoms with Crippen molar-refractivity contribution in [3.8, 4) is 22.6 Å². The molecule has 1 fully saturated rings. The smallest absolute Gasteiger partial charge is 0.138 e. The SMILES string of the molecule is CCCCOc1cc(C2(O)CC(C)(C)CC(C)(C)C2)c(-c2ccccc2)c2cc3c(cc12)OCS3. The van der Waals surface area contributed by atoms with E-state index in [0.29, 0.717) is 12.5 Å². The van der Waals surface area contributed by atoms with Gasteiger partial charge < -0.3 is 14.6 Å². The number of hydrogen-bond acceptors (Lipinski definition) is 4. The van der Waals surface area contributed by atoms with Crippen LogP contribution in [0.2, 0.25) is 0 Å². The standard InChI is InChI=1S/C31H38O3S/c1-6-7-13-33-25-16-24(31(32)18-29(2,3)17-30(4,5)19-31)28(21-11-9-8-10-12-21)23-15-27-26(14-22(23)25)34-20-35-27/h8-12,14-16,32H,6-7,13,17-20H2,1-5H3. The Morgan fingerprint density at radius 3 is 2.34 bits per heavy atom. The maximum absolute atomic E-state index is 12.5. The summed E-state index contributed by atoms with van der Waals surface area (Å²) in [5, 5.41) is 14.7. The fourth-order valence-electron chi connectivity index (χ4n) is 6.76. The molecule has 4 heteroatoms. The van der Waals surface area contributed by atoms with E-state index in [4.69, 9.17) is 9.47 Å². The van der Waals surface area contributed by atoms with Crippen molar-refractivity contribution in [2.24, 2.45) is 10.8 Å². The third kappa shape index (κ3) is 4.80. The zero-order valence-electron chi connectivity index (χ0n) is 21.7. The molecule has 3 aromatic rings. The van der Waals surface area contributed by atoms with Crippen LogP contribution in [0.25, 0.3) is 21.9 Å². The van der Waals surface area contributed by atoms with Gasteiger partial charge in [-0.05, 0) is 76.8 Å². The largest absolute Gasteiger partial charge is 0.493 e. The minimum atomic E-state index is -0.948. The number of benzene rings is 3. The zero-order valence-corrected chi connectivity index (χ0v) is 22.6. The Morgan fingerprint density at radius 1 is 0.943 bits per heavy atom. The van der Waals surface area contributed by atoms with E-state index >= 15 is 0 Å². The Bertz CT molecular complexity index is 1210. The summed E-state index contributed by atoms with van der Waals surface area (Å²) in [5.74, 6) is 2.41. The molecule has 1 saturated carbocycles. The highest BCUT2D eigenvalue weighted by Crippen LogP contribution is 2.57. The normalized spacial score (nSPS) is 19.8. The lowest BCUT2D eigenvalue weighted by Crippen LogP contribution is -2.44. The summed E-state index contributed by atoms with van der Waals surface area (Å²) in [6.07, 6.45) is 4.63. The average Bonchev–Trinajstić information content (AvgIpc) is 3.23. The van der Waals surface area contributed by atoms with E-state index in [0.717, 1.165) is 76.0 Å². The van der Waals surface area contributed by atoms with Crippen LogP contribution < -0.4 is 9.47 Å². The molecule has 0 atom stereocenters. The molecule has 3 aromatic carbocycles. The highest BCUT2D eigenvalue weighted by atomic mass is 32.2. The van der Waals surface area contributed by atoms with Gasteiger partial charge in [0, 0.05) is 5.39 Å². The Morgan fingerprint density at radius 2 is 1.66 bits per heavy atom. The maximum atomic E-state index is 12.5. The topological polar surface area (TPSA) is 38.7 Å². The van der Waals surface area contributed by atoms with Gasteiger partial charge in [0.25, 0.3) is 0 Å². The predicted molar refractivity (Wildman–Crippen MR) is 146 cm³/mol. The number of rotatable bonds is 6. The third-order valence-electron chi connectivity index (χ3n) is 7.41. The van der Waals surface area contributed by atoms with Gasteiger partial charge in [-0.15, -0.1) is 0 Å². The predicted octanol–water partition coefficient (Wildman–Crippen LogP) is 8.55. The lowest BCUT2D eigenvalue weighted by atomic mass is 9.57. The highest BCUT2D eigenvalue weighted by Gasteiger charge is 2.48. The van der Waals surface area contributed by atoms with Gasteiger partial charge in [0.15, 0.2) is 0 Å². The van der Waals surface area contributed by atoms with Gasteiger partial charge in [0.2, 0.25) is 0 Å². The van der Waals surface area contributed by atoms with Gasteiger partial charge in [0.1, 0.15) is 17.4 Å². The number of ether oxygens (including phenoxy) is 2. The number of fused-ring (bicyclic) bond motifs is 2. The molecule has 1 heterocycles. The second kappa shape index (κ2) is 9.05. The van der Waals surface area contributed by atoms with Crippen LogP contribution in [0.4, 0.5) is 0 Å². The summed E-state index contributed by atoms with van der Waals surface area (Å²) >= 11 is 1.73. The van der Waals surface area contributed by atoms with E-state index < -0.39 is 5.60 Å². The second-order valence-corrected chi connectivity index (χ2v) is 13.0. The quantitative estimate of drug-likeness (QED) is 0.351. The minimum Gasteiger partial charge on any atom is -0.493 e. The molecule has 2 aliphatic rings. The summed E-state index contributed by atoms with van der Waals surface area (Å²) in [7, 11) is 0. The molecular weight excluding hydrogens is 452 g/mol. The molecule has 1 N–H and O–H groups in total. The molecule has 0 amide bonds. The van der Waals surface area contributed by atoms with Gasteiger partial charge in [-0.3, -0.25) is 0 Å². The molecule has 186 valence electrons. The number of unbranched alkanes of at least 4 members (excludes halogenated alkanes) is 1. The van der Waals surface area contributed by atoms with Crippen LogP contribution in [-0.4, -0.2) is 17.7 Å². The van der Waals surface area contributed by atoms with E-state index in [1.54, 1.807) is 11.8 Å². The molecule has 35 heavy (non-hydrogen) atoms. The van der Waals surface area contributed by atoms with E-state index in [-0.39, 0.29) is 10.8 Å². The Balaban J connectivity index is 1.81. The van der Waals surface area contributed by atoms with Crippen LogP contribution in [0, 0.1) is 10.8 Å². The van der Waals surface area contributed by atoms with Gasteiger partial charge in [-0.2, -0.15) is 0 Å². The van der Waals surface area contributed by atoms with Crippen LogP contribution in [0.5, 0.6) is 11.5 Å². The number of thioether (sulfide) groups is 1. The fraction of sp³-hybridized carbons (Fsp3) is 0.484. The van der Waals surface area contributed by atoms with E-state index in [2.05, 4.69) is 83.1 Å². The summed E-state index contributed by atoms with van der Waals surface area (Å²) in [6, 6.07) is 17.1. The van der Waals surface area contributed by atoms with Crippen molar-refractivity contribution in [1.82, 2.24) is 0 Å². The van der Waals surface area contributed by atoms with E-state index in [1.165, 1.54) is 0 Å². The van der Waals surface area contributed by atoms with Crippen molar-refractivity contribution in [3.05, 3.63) is 54.1 Å². The second-order valence-electron chi connectivity index (χ2n) is 12.0. The van der Waals surface area contributed by atoms with Crippen LogP contribution in [0.3, 0.4) is 0 Å². The minimum absolute atomic E-state index is 0.0320. The number of aliphatic hydroxyl groups is 1. The Hall–Kier alpha value is -2.17. The van der Waals surface area contributed by atoms with Crippen molar-refractivity contribution >= 4 is 22.5 Å². The molecule has 0 unspecified atom stereocenters. The molecular formula is C31H38O3S. The number of hydrogen-bond donors (Lipinski definition) is 1. The lowest BCUT2D eigenvalue weighted by molar-refractivity contribution is -0.0909. The van der Waals surface area contributed by atoms with E-state index in [9.17, 15) is 5.11 Å². The first-order valence-electron chi connectivity index (χ1n) is 12.9. The van der Waals surface area contributed by atoms with Gasteiger partial charge in [0.05, 0.1) is 17.1 Å². The van der Waals surface area contributed by atoms with Crippen molar-refractivity contribution in [1.29, 1.82) is 0 Å². The summed E-state index contributed by atoms with van der Waals surface area (Å²) < 4.78 is 12.3. The average molecular weight is 491 g/mol. The molecule has 1 aliphatic heterocycles. The molecule has 0 saturated heterocycles. The molecule has 0 aromatic heterocycles. The van der Waals surface area contributed by atoms with Gasteiger partial charge in [-0.1, -0.05) is 83.1 Å². The summed E-state index contributed by atoms with van der Waals surface area (Å²) in [4.78, 5) is 1.16. The first-order valence-corrected chi connectivity index (χ1v) is 13.9. The van der Waals surface area contributed by atoms with Gasteiger partial charge >= 0.3 is 0 Å². The lowest BCUT2D eigenvalue weighted by Gasteiger charge is -2.50. The first-order chi connectivity index (χ1) is 16.6. The molecule has 0 bridgehead atoms. The van der Waals surface area contributed by atoms with Crippen LogP contribution in [0.15, 0.2) is 53.4 Å². The summed E-state index contributed by atoms with van der Waals surface area (Å²) in [6.45, 7) is 12.0. The van der Waals surface area contributed by atoms with Crippen LogP contribution in [-0.2, 0) is 5.60 Å². The molecule has 1 aliphatic carbocycles. The summed E-state index contributed by atoms with van der Waals surface area (Å²) in [5.41, 5.74) is 2.36. The fourth-order valence-corrected chi connectivity index (χ4v) is 7.54. The van der Waals surface area contributed by atoms with Gasteiger partial charge in [-0.25, -0.2) is 0 Å². The van der Waals surface area contributed by atoms with Crippen LogP contribution in [0.1, 0.15) is 72.3 Å². The maximum Gasteiger partial charge on any atom is 0.138 e. The highest BCUT2D eigenvalue weighted by molar-refractivity contribution is 7.99. The monoisotopic (exact) mass is 490 g/mol. The van der Waals surface area contributed by atoms with Crippen molar-refractivity contribution in [3.63, 3.8) is 0 Å². The third-order valence-corrected chi connectivity index (χ3v) is 8.28. The van der Waals surface area contributed by atoms with E-state index in [1.807, 2.05) is 0 Å². The Labute approximate surface area is 214 Å². The first kappa shape index (κ1) is 24.5. The van der Waals surface area contributed by atoms with Crippen molar-refractivity contribution in [2.75, 3.05) is 12.5 Å². The molecule has 3 nitrogen and oxygen atoms in total. The molecule has 0 spiro atoms.